The standard InChI is InChI=1S/C11H20N2O4/c1-3-13(8(2)6-10(15)16)11(17)12-5-4-9(14)7-12/h8-9,14H,3-7H2,1-2H3,(H,15,16). The van der Waals surface area contributed by atoms with Gasteiger partial charge in [0.1, 0.15) is 0 Å². The predicted octanol–water partition coefficient (Wildman–Crippen LogP) is 0.358. The van der Waals surface area contributed by atoms with Gasteiger partial charge in [-0.1, -0.05) is 0 Å². The van der Waals surface area contributed by atoms with Gasteiger partial charge in [-0.25, -0.2) is 4.79 Å². The average Bonchev–Trinajstić information content (AvgIpc) is 2.64. The summed E-state index contributed by atoms with van der Waals surface area (Å²) >= 11 is 0. The lowest BCUT2D eigenvalue weighted by atomic mass is 10.2. The molecule has 0 aromatic heterocycles. The molecule has 2 amide bonds. The second kappa shape index (κ2) is 5.86. The molecule has 0 bridgehead atoms. The van der Waals surface area contributed by atoms with Crippen molar-refractivity contribution in [2.24, 2.45) is 0 Å². The quantitative estimate of drug-likeness (QED) is 0.748. The number of rotatable bonds is 4. The van der Waals surface area contributed by atoms with Crippen molar-refractivity contribution in [3.8, 4) is 0 Å². The van der Waals surface area contributed by atoms with Crippen LogP contribution in [-0.2, 0) is 4.79 Å². The van der Waals surface area contributed by atoms with Crippen LogP contribution in [0.2, 0.25) is 0 Å². The zero-order chi connectivity index (χ0) is 13.0. The average molecular weight is 244 g/mol. The molecule has 1 rings (SSSR count). The Morgan fingerprint density at radius 3 is 2.59 bits per heavy atom. The molecular formula is C11H20N2O4. The van der Waals surface area contributed by atoms with E-state index in [9.17, 15) is 14.7 Å². The number of likely N-dealkylation sites (tertiary alicyclic amines) is 1. The zero-order valence-electron chi connectivity index (χ0n) is 10.3. The van der Waals surface area contributed by atoms with E-state index >= 15 is 0 Å². The zero-order valence-corrected chi connectivity index (χ0v) is 10.3. The number of β-amino-alcohol motifs (C(OH)–C–C–N with tert-alkyl or cyclic N) is 1. The molecule has 1 aliphatic rings. The number of aliphatic carboxylic acids is 1. The van der Waals surface area contributed by atoms with Gasteiger partial charge in [-0.3, -0.25) is 4.79 Å². The van der Waals surface area contributed by atoms with Crippen LogP contribution in [0.1, 0.15) is 26.7 Å². The molecule has 0 aromatic carbocycles. The number of carboxylic acid groups (broad SMARTS) is 1. The minimum Gasteiger partial charge on any atom is -0.481 e. The number of hydrogen-bond acceptors (Lipinski definition) is 3. The summed E-state index contributed by atoms with van der Waals surface area (Å²) in [5.74, 6) is -0.912. The molecule has 2 N–H and O–H groups in total. The summed E-state index contributed by atoms with van der Waals surface area (Å²) in [5, 5.41) is 18.1. The Bertz CT molecular complexity index is 295. The van der Waals surface area contributed by atoms with Crippen LogP contribution in [-0.4, -0.2) is 63.8 Å². The fraction of sp³-hybridized carbons (Fsp3) is 0.818. The highest BCUT2D eigenvalue weighted by Crippen LogP contribution is 2.14. The van der Waals surface area contributed by atoms with E-state index in [1.807, 2.05) is 6.92 Å². The fourth-order valence-corrected chi connectivity index (χ4v) is 2.10. The lowest BCUT2D eigenvalue weighted by molar-refractivity contribution is -0.138. The minimum absolute atomic E-state index is 0.0596. The van der Waals surface area contributed by atoms with Crippen LogP contribution < -0.4 is 0 Å². The molecule has 98 valence electrons. The van der Waals surface area contributed by atoms with Gasteiger partial charge in [-0.2, -0.15) is 0 Å². The second-order valence-corrected chi connectivity index (χ2v) is 4.40. The molecule has 2 unspecified atom stereocenters. The first-order valence-corrected chi connectivity index (χ1v) is 5.91. The second-order valence-electron chi connectivity index (χ2n) is 4.40. The monoisotopic (exact) mass is 244 g/mol. The van der Waals surface area contributed by atoms with Gasteiger partial charge in [0.2, 0.25) is 0 Å². The molecule has 1 saturated heterocycles. The van der Waals surface area contributed by atoms with E-state index < -0.39 is 12.1 Å². The Labute approximate surface area is 101 Å². The highest BCUT2D eigenvalue weighted by molar-refractivity contribution is 5.76. The normalized spacial score (nSPS) is 21.4. The van der Waals surface area contributed by atoms with E-state index in [1.165, 1.54) is 4.90 Å². The number of aliphatic hydroxyl groups excluding tert-OH is 1. The molecule has 17 heavy (non-hydrogen) atoms. The summed E-state index contributed by atoms with van der Waals surface area (Å²) in [6.07, 6.45) is 0.0829. The van der Waals surface area contributed by atoms with Gasteiger partial charge < -0.3 is 20.0 Å². The molecule has 1 aliphatic heterocycles. The van der Waals surface area contributed by atoms with Crippen molar-refractivity contribution in [2.45, 2.75) is 38.8 Å². The third-order valence-electron chi connectivity index (χ3n) is 3.02. The number of amides is 2. The summed E-state index contributed by atoms with van der Waals surface area (Å²) in [6.45, 7) is 4.90. The van der Waals surface area contributed by atoms with E-state index in [-0.39, 0.29) is 18.5 Å². The van der Waals surface area contributed by atoms with Gasteiger partial charge >= 0.3 is 12.0 Å². The first kappa shape index (κ1) is 13.8. The molecular weight excluding hydrogens is 224 g/mol. The molecule has 6 heteroatoms. The van der Waals surface area contributed by atoms with Crippen molar-refractivity contribution >= 4 is 12.0 Å². The number of carbonyl (C=O) groups excluding carboxylic acids is 1. The summed E-state index contributed by atoms with van der Waals surface area (Å²) in [5.41, 5.74) is 0. The van der Waals surface area contributed by atoms with Crippen molar-refractivity contribution in [3.63, 3.8) is 0 Å². The van der Waals surface area contributed by atoms with Gasteiger partial charge in [0, 0.05) is 25.7 Å². The number of urea groups is 1. The van der Waals surface area contributed by atoms with Gasteiger partial charge in [-0.05, 0) is 20.3 Å². The molecule has 1 heterocycles. The predicted molar refractivity (Wildman–Crippen MR) is 61.7 cm³/mol. The van der Waals surface area contributed by atoms with Crippen LogP contribution >= 0.6 is 0 Å². The van der Waals surface area contributed by atoms with E-state index in [0.29, 0.717) is 26.1 Å². The topological polar surface area (TPSA) is 81.1 Å². The van der Waals surface area contributed by atoms with Crippen LogP contribution in [0.25, 0.3) is 0 Å². The molecule has 1 fully saturated rings. The summed E-state index contributed by atoms with van der Waals surface area (Å²) in [4.78, 5) is 25.8. The molecule has 2 atom stereocenters. The van der Waals surface area contributed by atoms with Crippen molar-refractivity contribution in [1.29, 1.82) is 0 Å². The SMILES string of the molecule is CCN(C(=O)N1CCC(O)C1)C(C)CC(=O)O. The maximum Gasteiger partial charge on any atom is 0.320 e. The Morgan fingerprint density at radius 1 is 1.53 bits per heavy atom. The molecule has 6 nitrogen and oxygen atoms in total. The minimum atomic E-state index is -0.912. The van der Waals surface area contributed by atoms with E-state index in [1.54, 1.807) is 11.8 Å². The maximum atomic E-state index is 12.1. The number of nitrogens with zero attached hydrogens (tertiary/aromatic N) is 2. The summed E-state index contributed by atoms with van der Waals surface area (Å²) < 4.78 is 0. The number of aliphatic hydroxyl groups is 1. The van der Waals surface area contributed by atoms with Crippen LogP contribution in [0.5, 0.6) is 0 Å². The first-order valence-electron chi connectivity index (χ1n) is 5.91. The highest BCUT2D eigenvalue weighted by atomic mass is 16.4. The third kappa shape index (κ3) is 3.59. The van der Waals surface area contributed by atoms with Crippen LogP contribution in [0.15, 0.2) is 0 Å². The maximum absolute atomic E-state index is 12.1. The number of carbonyl (C=O) groups is 2. The Kier molecular flexibility index (Phi) is 4.74. The molecule has 0 saturated carbocycles. The number of carboxylic acids is 1. The van der Waals surface area contributed by atoms with Gasteiger partial charge in [0.05, 0.1) is 12.5 Å². The smallest absolute Gasteiger partial charge is 0.320 e. The van der Waals surface area contributed by atoms with E-state index in [2.05, 4.69) is 0 Å². The van der Waals surface area contributed by atoms with Crippen molar-refractivity contribution in [1.82, 2.24) is 9.80 Å². The molecule has 0 aliphatic carbocycles. The molecule has 0 aromatic rings. The largest absolute Gasteiger partial charge is 0.481 e. The Balaban J connectivity index is 2.60. The van der Waals surface area contributed by atoms with Crippen molar-refractivity contribution < 1.29 is 19.8 Å². The Morgan fingerprint density at radius 2 is 2.18 bits per heavy atom. The van der Waals surface area contributed by atoms with E-state index in [0.717, 1.165) is 0 Å². The van der Waals surface area contributed by atoms with Gasteiger partial charge in [0.25, 0.3) is 0 Å². The fourth-order valence-electron chi connectivity index (χ4n) is 2.10. The first-order chi connectivity index (χ1) is 7.95. The van der Waals surface area contributed by atoms with Crippen molar-refractivity contribution in [3.05, 3.63) is 0 Å². The van der Waals surface area contributed by atoms with Crippen LogP contribution in [0.4, 0.5) is 4.79 Å². The van der Waals surface area contributed by atoms with Crippen LogP contribution in [0.3, 0.4) is 0 Å². The van der Waals surface area contributed by atoms with Crippen LogP contribution in [0, 0.1) is 0 Å². The lowest BCUT2D eigenvalue weighted by Crippen LogP contribution is -2.47. The van der Waals surface area contributed by atoms with Crippen molar-refractivity contribution in [2.75, 3.05) is 19.6 Å². The number of hydrogen-bond donors (Lipinski definition) is 2. The van der Waals surface area contributed by atoms with E-state index in [4.69, 9.17) is 5.11 Å². The van der Waals surface area contributed by atoms with Gasteiger partial charge in [0.15, 0.2) is 0 Å². The summed E-state index contributed by atoms with van der Waals surface area (Å²) in [7, 11) is 0. The molecule has 0 radical (unpaired) electrons. The third-order valence-corrected chi connectivity index (χ3v) is 3.02. The highest BCUT2D eigenvalue weighted by Gasteiger charge is 2.30. The Hall–Kier alpha value is -1.30. The summed E-state index contributed by atoms with van der Waals surface area (Å²) in [6, 6.07) is -0.513. The lowest BCUT2D eigenvalue weighted by Gasteiger charge is -2.31. The van der Waals surface area contributed by atoms with Gasteiger partial charge in [-0.15, -0.1) is 0 Å². The molecule has 0 spiro atoms.